The molecule has 0 fully saturated rings. The lowest BCUT2D eigenvalue weighted by atomic mass is 9.99. The summed E-state index contributed by atoms with van der Waals surface area (Å²) in [5, 5.41) is 0.620. The number of hydrogen-bond donors (Lipinski definition) is 2. The molecule has 0 amide bonds. The van der Waals surface area contributed by atoms with Gasteiger partial charge in [-0.3, -0.25) is 11.3 Å². The van der Waals surface area contributed by atoms with Gasteiger partial charge < -0.3 is 4.74 Å². The Balaban J connectivity index is 2.26. The quantitative estimate of drug-likeness (QED) is 0.615. The first-order chi connectivity index (χ1) is 10.0. The van der Waals surface area contributed by atoms with E-state index in [1.54, 1.807) is 12.1 Å². The summed E-state index contributed by atoms with van der Waals surface area (Å²) in [5.74, 6) is 5.46. The van der Waals surface area contributed by atoms with E-state index in [-0.39, 0.29) is 11.8 Å². The highest BCUT2D eigenvalue weighted by Gasteiger charge is 2.15. The lowest BCUT2D eigenvalue weighted by Gasteiger charge is -2.18. The molecule has 0 spiro atoms. The van der Waals surface area contributed by atoms with E-state index in [0.717, 1.165) is 15.6 Å². The molecule has 0 aliphatic rings. The van der Waals surface area contributed by atoms with Crippen LogP contribution in [0.4, 0.5) is 4.39 Å². The van der Waals surface area contributed by atoms with Crippen molar-refractivity contribution in [3.63, 3.8) is 0 Å². The maximum Gasteiger partial charge on any atom is 0.165 e. The zero-order chi connectivity index (χ0) is 15.4. The van der Waals surface area contributed by atoms with Crippen molar-refractivity contribution in [1.29, 1.82) is 0 Å². The summed E-state index contributed by atoms with van der Waals surface area (Å²) < 4.78 is 19.5. The van der Waals surface area contributed by atoms with Crippen LogP contribution in [-0.2, 0) is 6.42 Å². The molecule has 3 N–H and O–H groups in total. The van der Waals surface area contributed by atoms with Crippen molar-refractivity contribution in [1.82, 2.24) is 5.43 Å². The van der Waals surface area contributed by atoms with Crippen molar-refractivity contribution < 1.29 is 9.13 Å². The largest absolute Gasteiger partial charge is 0.494 e. The van der Waals surface area contributed by atoms with Gasteiger partial charge in [0.15, 0.2) is 11.6 Å². The van der Waals surface area contributed by atoms with Crippen LogP contribution in [0, 0.1) is 5.82 Å². The molecule has 0 saturated heterocycles. The second kappa shape index (κ2) is 7.22. The van der Waals surface area contributed by atoms with Crippen molar-refractivity contribution in [2.45, 2.75) is 12.5 Å². The summed E-state index contributed by atoms with van der Waals surface area (Å²) in [6.45, 7) is 0. The third-order valence-electron chi connectivity index (χ3n) is 3.19. The van der Waals surface area contributed by atoms with Crippen molar-refractivity contribution in [3.8, 4) is 5.75 Å². The molecule has 6 heteroatoms. The highest BCUT2D eigenvalue weighted by Crippen LogP contribution is 2.29. The molecule has 0 saturated carbocycles. The summed E-state index contributed by atoms with van der Waals surface area (Å²) in [7, 11) is 1.44. The number of hydrazine groups is 1. The van der Waals surface area contributed by atoms with E-state index in [0.29, 0.717) is 11.4 Å². The van der Waals surface area contributed by atoms with Crippen LogP contribution in [0.2, 0.25) is 5.02 Å². The van der Waals surface area contributed by atoms with E-state index in [1.807, 2.05) is 18.2 Å². The highest BCUT2D eigenvalue weighted by atomic mass is 79.9. The molecule has 2 rings (SSSR count). The third-order valence-corrected chi connectivity index (χ3v) is 4.15. The summed E-state index contributed by atoms with van der Waals surface area (Å²) in [6, 6.07) is 10.1. The molecule has 1 atom stereocenters. The van der Waals surface area contributed by atoms with E-state index >= 15 is 0 Å². The monoisotopic (exact) mass is 372 g/mol. The average molecular weight is 374 g/mol. The van der Waals surface area contributed by atoms with E-state index in [4.69, 9.17) is 22.2 Å². The van der Waals surface area contributed by atoms with Crippen LogP contribution in [0.15, 0.2) is 40.9 Å². The van der Waals surface area contributed by atoms with Gasteiger partial charge in [-0.05, 0) is 47.9 Å². The molecular formula is C15H15BrClFN2O. The summed E-state index contributed by atoms with van der Waals surface area (Å²) in [5.41, 5.74) is 4.47. The van der Waals surface area contributed by atoms with Crippen LogP contribution >= 0.6 is 27.5 Å². The first-order valence-corrected chi connectivity index (χ1v) is 7.45. The maximum absolute atomic E-state index is 13.7. The van der Waals surface area contributed by atoms with Gasteiger partial charge in [-0.15, -0.1) is 0 Å². The van der Waals surface area contributed by atoms with Gasteiger partial charge in [0.1, 0.15) is 0 Å². The van der Waals surface area contributed by atoms with Gasteiger partial charge >= 0.3 is 0 Å². The molecule has 1 unspecified atom stereocenters. The molecule has 3 nitrogen and oxygen atoms in total. The van der Waals surface area contributed by atoms with E-state index in [1.165, 1.54) is 13.2 Å². The minimum absolute atomic E-state index is 0.189. The average Bonchev–Trinajstić information content (AvgIpc) is 2.47. The fourth-order valence-corrected chi connectivity index (χ4v) is 2.82. The van der Waals surface area contributed by atoms with Crippen LogP contribution in [0.5, 0.6) is 5.75 Å². The topological polar surface area (TPSA) is 47.3 Å². The smallest absolute Gasteiger partial charge is 0.165 e. The van der Waals surface area contributed by atoms with Crippen LogP contribution in [0.1, 0.15) is 17.2 Å². The third kappa shape index (κ3) is 3.95. The first-order valence-electron chi connectivity index (χ1n) is 6.28. The maximum atomic E-state index is 13.7. The van der Waals surface area contributed by atoms with Gasteiger partial charge in [-0.1, -0.05) is 33.6 Å². The Kier molecular flexibility index (Phi) is 5.58. The minimum Gasteiger partial charge on any atom is -0.494 e. The zero-order valence-electron chi connectivity index (χ0n) is 11.4. The molecule has 0 aliphatic carbocycles. The zero-order valence-corrected chi connectivity index (χ0v) is 13.7. The normalized spacial score (nSPS) is 12.2. The molecule has 0 radical (unpaired) electrons. The van der Waals surface area contributed by atoms with E-state index in [2.05, 4.69) is 21.4 Å². The number of nitrogens with two attached hydrogens (primary N) is 1. The second-order valence-electron chi connectivity index (χ2n) is 4.56. The van der Waals surface area contributed by atoms with Crippen molar-refractivity contribution in [2.24, 2.45) is 5.84 Å². The van der Waals surface area contributed by atoms with Gasteiger partial charge in [-0.25, -0.2) is 4.39 Å². The molecule has 0 aliphatic heterocycles. The molecule has 2 aromatic rings. The number of ether oxygens (including phenoxy) is 1. The van der Waals surface area contributed by atoms with Crippen molar-refractivity contribution in [3.05, 3.63) is 62.8 Å². The van der Waals surface area contributed by atoms with Gasteiger partial charge in [0.25, 0.3) is 0 Å². The standard InChI is InChI=1S/C15H15BrClFN2O/c1-21-15-5-2-9(6-13(15)18)7-14(20-19)11-8-10(17)3-4-12(11)16/h2-6,8,14,20H,7,19H2,1H3. The van der Waals surface area contributed by atoms with Gasteiger partial charge in [0, 0.05) is 9.50 Å². The van der Waals surface area contributed by atoms with Crippen LogP contribution in [0.3, 0.4) is 0 Å². The summed E-state index contributed by atoms with van der Waals surface area (Å²) >= 11 is 9.49. The predicted octanol–water partition coefficient (Wildman–Crippen LogP) is 4.00. The van der Waals surface area contributed by atoms with Gasteiger partial charge in [0.05, 0.1) is 13.2 Å². The van der Waals surface area contributed by atoms with Crippen molar-refractivity contribution in [2.75, 3.05) is 7.11 Å². The molecular weight excluding hydrogens is 359 g/mol. The van der Waals surface area contributed by atoms with E-state index in [9.17, 15) is 4.39 Å². The lowest BCUT2D eigenvalue weighted by molar-refractivity contribution is 0.386. The number of methoxy groups -OCH3 is 1. The fraction of sp³-hybridized carbons (Fsp3) is 0.200. The second-order valence-corrected chi connectivity index (χ2v) is 5.85. The Morgan fingerprint density at radius 2 is 2.10 bits per heavy atom. The number of benzene rings is 2. The Bertz CT molecular complexity index is 639. The van der Waals surface area contributed by atoms with Gasteiger partial charge in [-0.2, -0.15) is 0 Å². The Morgan fingerprint density at radius 3 is 2.71 bits per heavy atom. The SMILES string of the molecule is COc1ccc(CC(NN)c2cc(Cl)ccc2Br)cc1F. The molecule has 112 valence electrons. The molecule has 21 heavy (non-hydrogen) atoms. The number of rotatable bonds is 5. The number of nitrogens with one attached hydrogen (secondary N) is 1. The fourth-order valence-electron chi connectivity index (χ4n) is 2.11. The lowest BCUT2D eigenvalue weighted by Crippen LogP contribution is -2.29. The molecule has 0 bridgehead atoms. The molecule has 2 aromatic carbocycles. The Hall–Kier alpha value is -1.14. The van der Waals surface area contributed by atoms with E-state index < -0.39 is 5.82 Å². The number of halogens is 3. The Morgan fingerprint density at radius 1 is 1.33 bits per heavy atom. The molecule has 0 heterocycles. The molecule has 0 aromatic heterocycles. The van der Waals surface area contributed by atoms with Crippen molar-refractivity contribution >= 4 is 27.5 Å². The first kappa shape index (κ1) is 16.2. The predicted molar refractivity (Wildman–Crippen MR) is 85.9 cm³/mol. The summed E-state index contributed by atoms with van der Waals surface area (Å²) in [6.07, 6.45) is 0.524. The van der Waals surface area contributed by atoms with Crippen LogP contribution in [-0.4, -0.2) is 7.11 Å². The van der Waals surface area contributed by atoms with Gasteiger partial charge in [0.2, 0.25) is 0 Å². The highest BCUT2D eigenvalue weighted by molar-refractivity contribution is 9.10. The van der Waals surface area contributed by atoms with Crippen LogP contribution in [0.25, 0.3) is 0 Å². The summed E-state index contributed by atoms with van der Waals surface area (Å²) in [4.78, 5) is 0. The number of hydrogen-bond acceptors (Lipinski definition) is 3. The minimum atomic E-state index is -0.393. The Labute approximate surface area is 136 Å². The van der Waals surface area contributed by atoms with Crippen LogP contribution < -0.4 is 16.0 Å².